The molecule has 0 unspecified atom stereocenters. The quantitative estimate of drug-likeness (QED) is 0.425. The summed E-state index contributed by atoms with van der Waals surface area (Å²) in [5, 5.41) is 6.98. The van der Waals surface area contributed by atoms with Gasteiger partial charge < -0.3 is 14.8 Å². The van der Waals surface area contributed by atoms with Crippen LogP contribution in [-0.2, 0) is 7.05 Å². The van der Waals surface area contributed by atoms with Gasteiger partial charge in [-0.2, -0.15) is 0 Å². The van der Waals surface area contributed by atoms with Crippen molar-refractivity contribution < 1.29 is 4.79 Å². The first-order valence-electron chi connectivity index (χ1n) is 11.2. The van der Waals surface area contributed by atoms with E-state index < -0.39 is 0 Å². The highest BCUT2D eigenvalue weighted by Crippen LogP contribution is 2.32. The van der Waals surface area contributed by atoms with E-state index in [-0.39, 0.29) is 11.5 Å². The Morgan fingerprint density at radius 2 is 2.03 bits per heavy atom. The van der Waals surface area contributed by atoms with E-state index in [0.29, 0.717) is 30.9 Å². The van der Waals surface area contributed by atoms with Crippen LogP contribution in [0.2, 0.25) is 0 Å². The average Bonchev–Trinajstić information content (AvgIpc) is 3.46. The van der Waals surface area contributed by atoms with Crippen LogP contribution in [0.3, 0.4) is 0 Å². The van der Waals surface area contributed by atoms with Crippen molar-refractivity contribution in [3.05, 3.63) is 80.3 Å². The van der Waals surface area contributed by atoms with Gasteiger partial charge in [0.25, 0.3) is 11.5 Å². The lowest BCUT2D eigenvalue weighted by molar-refractivity contribution is 0.0772. The number of aromatic nitrogens is 4. The second kappa shape index (κ2) is 9.55. The minimum absolute atomic E-state index is 0.0376. The lowest BCUT2D eigenvalue weighted by atomic mass is 10.00. The van der Waals surface area contributed by atoms with Crippen LogP contribution in [0.5, 0.6) is 0 Å². The molecule has 0 fully saturated rings. The summed E-state index contributed by atoms with van der Waals surface area (Å²) in [6.07, 6.45) is 6.09. The minimum Gasteiger partial charge on any atom is -0.335 e. The maximum absolute atomic E-state index is 13.0. The Bertz CT molecular complexity index is 1480. The summed E-state index contributed by atoms with van der Waals surface area (Å²) in [4.78, 5) is 41.3. The van der Waals surface area contributed by atoms with Crippen LogP contribution in [-0.4, -0.2) is 43.4 Å². The molecule has 1 N–H and O–H groups in total. The number of rotatable bonds is 5. The van der Waals surface area contributed by atoms with Gasteiger partial charge in [0.1, 0.15) is 5.82 Å². The third-order valence-corrected chi connectivity index (χ3v) is 7.71. The van der Waals surface area contributed by atoms with E-state index in [2.05, 4.69) is 20.3 Å². The number of aryl methyl sites for hydroxylation is 3. The van der Waals surface area contributed by atoms with Crippen molar-refractivity contribution in [2.75, 3.05) is 18.4 Å². The van der Waals surface area contributed by atoms with Gasteiger partial charge in [-0.3, -0.25) is 9.59 Å². The van der Waals surface area contributed by atoms with Gasteiger partial charge in [0.05, 0.1) is 26.8 Å². The number of nitrogens with zero attached hydrogens (tertiary/aromatic N) is 5. The number of carbonyl (C=O) groups is 1. The molecule has 0 aromatic carbocycles. The molecule has 4 aromatic rings. The second-order valence-corrected chi connectivity index (χ2v) is 10.4. The molecule has 178 valence electrons. The molecule has 1 aliphatic heterocycles. The highest BCUT2D eigenvalue weighted by Gasteiger charge is 2.20. The number of hydrogen-bond acceptors (Lipinski definition) is 8. The number of carbonyl (C=O) groups excluding carboxylic acids is 1. The minimum atomic E-state index is -0.0594. The van der Waals surface area contributed by atoms with Crippen LogP contribution >= 0.6 is 22.7 Å². The number of pyridine rings is 2. The van der Waals surface area contributed by atoms with E-state index in [0.717, 1.165) is 37.5 Å². The molecule has 10 heteroatoms. The van der Waals surface area contributed by atoms with E-state index in [1.54, 1.807) is 58.4 Å². The first kappa shape index (κ1) is 23.1. The molecule has 35 heavy (non-hydrogen) atoms. The summed E-state index contributed by atoms with van der Waals surface area (Å²) < 4.78 is 1.55. The molecule has 5 heterocycles. The van der Waals surface area contributed by atoms with Gasteiger partial charge in [0.15, 0.2) is 5.13 Å². The molecule has 0 atom stereocenters. The van der Waals surface area contributed by atoms with Crippen molar-refractivity contribution in [1.82, 2.24) is 24.4 Å². The monoisotopic (exact) mass is 504 g/mol. The van der Waals surface area contributed by atoms with E-state index in [1.165, 1.54) is 11.3 Å². The van der Waals surface area contributed by atoms with Gasteiger partial charge in [-0.25, -0.2) is 15.0 Å². The summed E-state index contributed by atoms with van der Waals surface area (Å²) in [7, 11) is 1.73. The summed E-state index contributed by atoms with van der Waals surface area (Å²) in [6, 6.07) is 7.15. The normalized spacial score (nSPS) is 13.6. The first-order valence-corrected chi connectivity index (χ1v) is 12.9. The lowest BCUT2D eigenvalue weighted by Crippen LogP contribution is -2.34. The fourth-order valence-electron chi connectivity index (χ4n) is 3.95. The van der Waals surface area contributed by atoms with Crippen molar-refractivity contribution in [3.8, 4) is 10.6 Å². The number of thiazole rings is 2. The molecule has 0 radical (unpaired) electrons. The van der Waals surface area contributed by atoms with E-state index in [1.807, 2.05) is 31.4 Å². The van der Waals surface area contributed by atoms with Gasteiger partial charge in [0, 0.05) is 44.0 Å². The fraction of sp³-hybridized carbons (Fsp3) is 0.240. The summed E-state index contributed by atoms with van der Waals surface area (Å²) in [5.41, 5.74) is 4.40. The molecule has 1 amide bonds. The third kappa shape index (κ3) is 4.94. The number of anilines is 2. The number of amides is 1. The number of nitrogens with one attached hydrogen (secondary N) is 1. The topological polar surface area (TPSA) is 93.0 Å². The van der Waals surface area contributed by atoms with Gasteiger partial charge in [-0.15, -0.1) is 22.7 Å². The Morgan fingerprint density at radius 3 is 2.69 bits per heavy atom. The van der Waals surface area contributed by atoms with Crippen molar-refractivity contribution >= 4 is 45.1 Å². The molecule has 0 saturated carbocycles. The predicted molar refractivity (Wildman–Crippen MR) is 140 cm³/mol. The predicted octanol–water partition coefficient (Wildman–Crippen LogP) is 4.65. The third-order valence-electron chi connectivity index (χ3n) is 5.86. The smallest absolute Gasteiger partial charge is 0.255 e. The molecular weight excluding hydrogens is 480 g/mol. The van der Waals surface area contributed by atoms with Crippen molar-refractivity contribution in [2.45, 2.75) is 20.3 Å². The molecule has 0 saturated heterocycles. The Balaban J connectivity index is 1.23. The Kier molecular flexibility index (Phi) is 6.31. The second-order valence-electron chi connectivity index (χ2n) is 8.34. The molecule has 8 nitrogen and oxygen atoms in total. The largest absolute Gasteiger partial charge is 0.335 e. The first-order chi connectivity index (χ1) is 16.9. The molecule has 4 aromatic heterocycles. The average molecular weight is 505 g/mol. The Labute approximate surface area is 210 Å². The zero-order valence-corrected chi connectivity index (χ0v) is 21.2. The lowest BCUT2D eigenvalue weighted by Gasteiger charge is -2.26. The van der Waals surface area contributed by atoms with Gasteiger partial charge >= 0.3 is 0 Å². The van der Waals surface area contributed by atoms with Gasteiger partial charge in [0.2, 0.25) is 0 Å². The highest BCUT2D eigenvalue weighted by atomic mass is 32.1. The van der Waals surface area contributed by atoms with Crippen LogP contribution in [0.15, 0.2) is 52.9 Å². The zero-order valence-electron chi connectivity index (χ0n) is 19.6. The van der Waals surface area contributed by atoms with Crippen molar-refractivity contribution in [2.24, 2.45) is 7.05 Å². The molecular formula is C25H24N6O2S2. The fourth-order valence-corrected chi connectivity index (χ4v) is 5.62. The SMILES string of the molecule is Cc1nc(C)c(-c2csc(Nc3ccc(C(=O)N4CC=C(c5ccn(C)c(=O)c5)CC4)cn3)n2)s1. The van der Waals surface area contributed by atoms with E-state index in [4.69, 9.17) is 0 Å². The summed E-state index contributed by atoms with van der Waals surface area (Å²) in [6.45, 7) is 5.08. The highest BCUT2D eigenvalue weighted by molar-refractivity contribution is 7.16. The maximum atomic E-state index is 13.0. The number of hydrogen-bond donors (Lipinski definition) is 1. The Hall–Kier alpha value is -3.63. The van der Waals surface area contributed by atoms with Crippen LogP contribution < -0.4 is 10.9 Å². The Morgan fingerprint density at radius 1 is 1.17 bits per heavy atom. The van der Waals surface area contributed by atoms with Crippen molar-refractivity contribution in [1.29, 1.82) is 0 Å². The van der Waals surface area contributed by atoms with Crippen LogP contribution in [0.25, 0.3) is 16.1 Å². The van der Waals surface area contributed by atoms with Gasteiger partial charge in [-0.1, -0.05) is 6.08 Å². The maximum Gasteiger partial charge on any atom is 0.255 e. The molecule has 5 rings (SSSR count). The molecule has 0 bridgehead atoms. The van der Waals surface area contributed by atoms with Gasteiger partial charge in [-0.05, 0) is 49.6 Å². The van der Waals surface area contributed by atoms with Crippen LogP contribution in [0, 0.1) is 13.8 Å². The summed E-state index contributed by atoms with van der Waals surface area (Å²) >= 11 is 3.14. The van der Waals surface area contributed by atoms with Crippen LogP contribution in [0.4, 0.5) is 10.9 Å². The molecule has 0 aliphatic carbocycles. The molecule has 1 aliphatic rings. The standard InChI is InChI=1S/C25H24N6O2S2/c1-15-23(35-16(2)27-15)20-14-34-25(28-20)29-21-5-4-19(13-26-21)24(33)31-10-7-17(8-11-31)18-6-9-30(3)22(32)12-18/h4-7,9,12-14H,8,10-11H2,1-3H3,(H,26,28,29). The zero-order chi connectivity index (χ0) is 24.5. The van der Waals surface area contributed by atoms with Crippen LogP contribution in [0.1, 0.15) is 33.0 Å². The van der Waals surface area contributed by atoms with E-state index in [9.17, 15) is 9.59 Å². The van der Waals surface area contributed by atoms with Crippen molar-refractivity contribution in [3.63, 3.8) is 0 Å². The molecule has 0 spiro atoms. The summed E-state index contributed by atoms with van der Waals surface area (Å²) in [5.74, 6) is 0.571. The van der Waals surface area contributed by atoms with E-state index >= 15 is 0 Å².